The van der Waals surface area contributed by atoms with Gasteiger partial charge >= 0.3 is 11.9 Å². The first-order valence-corrected chi connectivity index (χ1v) is 17.7. The van der Waals surface area contributed by atoms with Crippen LogP contribution >= 0.6 is 0 Å². The number of nitrogens with zero attached hydrogens (tertiary/aromatic N) is 6. The fourth-order valence-corrected chi connectivity index (χ4v) is 5.49. The van der Waals surface area contributed by atoms with Crippen molar-refractivity contribution in [3.8, 4) is 22.5 Å². The number of likely N-dealkylation sites (N-methyl/N-ethyl adjacent to an activating group) is 2. The maximum absolute atomic E-state index is 12.3. The summed E-state index contributed by atoms with van der Waals surface area (Å²) < 4.78 is 4.07. The largest absolute Gasteiger partial charge is 0.479 e. The van der Waals surface area contributed by atoms with E-state index in [1.54, 1.807) is 38.0 Å². The van der Waals surface area contributed by atoms with Crippen molar-refractivity contribution < 1.29 is 62.0 Å². The zero-order valence-electron chi connectivity index (χ0n) is 33.1. The molecular formula is C42H48AuN6O8. The van der Waals surface area contributed by atoms with Gasteiger partial charge in [-0.3, -0.25) is 9.59 Å². The Kier molecular flexibility index (Phi) is 16.0. The molecule has 0 aliphatic heterocycles. The summed E-state index contributed by atoms with van der Waals surface area (Å²) in [6.45, 7) is 8.21. The van der Waals surface area contributed by atoms with Crippen molar-refractivity contribution >= 4 is 35.0 Å². The van der Waals surface area contributed by atoms with E-state index in [0.29, 0.717) is 12.8 Å². The van der Waals surface area contributed by atoms with E-state index in [0.717, 1.165) is 56.3 Å². The molecule has 4 heterocycles. The van der Waals surface area contributed by atoms with Gasteiger partial charge in [-0.1, -0.05) is 71.8 Å². The van der Waals surface area contributed by atoms with Crippen molar-refractivity contribution in [3.63, 3.8) is 0 Å². The summed E-state index contributed by atoms with van der Waals surface area (Å²) in [5.74, 6) is -3.40. The number of aryl methyl sites for hydroxylation is 4. The smallest absolute Gasteiger partial charge is 0.335 e. The first-order valence-electron chi connectivity index (χ1n) is 17.7. The first-order chi connectivity index (χ1) is 26.4. The fraction of sp³-hybridized carbons (Fsp3) is 0.286. The van der Waals surface area contributed by atoms with E-state index in [1.165, 1.54) is 11.1 Å². The van der Waals surface area contributed by atoms with Crippen LogP contribution in [0.15, 0.2) is 85.2 Å². The molecule has 0 aliphatic rings. The van der Waals surface area contributed by atoms with Crippen molar-refractivity contribution in [1.82, 2.24) is 28.6 Å². The third-order valence-corrected chi connectivity index (χ3v) is 8.82. The Balaban J connectivity index is 0.000000245. The summed E-state index contributed by atoms with van der Waals surface area (Å²) in [6, 6.07) is 24.6. The second kappa shape index (κ2) is 20.0. The average molecular weight is 962 g/mol. The Bertz CT molecular complexity index is 2190. The number of carbonyl (C=O) groups is 4. The number of hydrogen-bond donors (Lipinski definition) is 4. The minimum Gasteiger partial charge on any atom is -0.479 e. The zero-order chi connectivity index (χ0) is 41.4. The zero-order valence-corrected chi connectivity index (χ0v) is 35.2. The molecule has 0 bridgehead atoms. The van der Waals surface area contributed by atoms with Gasteiger partial charge in [0, 0.05) is 74.1 Å². The van der Waals surface area contributed by atoms with Crippen LogP contribution in [0, 0.1) is 27.7 Å². The summed E-state index contributed by atoms with van der Waals surface area (Å²) >= 11 is 0. The van der Waals surface area contributed by atoms with Crippen molar-refractivity contribution in [1.29, 1.82) is 0 Å². The van der Waals surface area contributed by atoms with Crippen LogP contribution in [0.25, 0.3) is 33.8 Å². The number of aliphatic hydroxyl groups excluding tert-OH is 2. The van der Waals surface area contributed by atoms with Gasteiger partial charge in [-0.15, -0.1) is 0 Å². The van der Waals surface area contributed by atoms with Gasteiger partial charge in [-0.25, -0.2) is 19.6 Å². The van der Waals surface area contributed by atoms with Crippen molar-refractivity contribution in [2.45, 2.75) is 52.7 Å². The minimum absolute atomic E-state index is 0. The number of aliphatic carboxylic acids is 2. The summed E-state index contributed by atoms with van der Waals surface area (Å²) in [5, 5.41) is 32.5. The Morgan fingerprint density at radius 1 is 0.544 bits per heavy atom. The second-order valence-corrected chi connectivity index (χ2v) is 13.9. The molecule has 1 radical (unpaired) electrons. The molecule has 2 aromatic carbocycles. The molecule has 0 saturated carbocycles. The molecule has 2 amide bonds. The van der Waals surface area contributed by atoms with Crippen LogP contribution in [0.5, 0.6) is 0 Å². The van der Waals surface area contributed by atoms with Crippen LogP contribution in [-0.4, -0.2) is 113 Å². The molecule has 0 aliphatic carbocycles. The van der Waals surface area contributed by atoms with Gasteiger partial charge in [-0.05, 0) is 51.0 Å². The molecule has 0 saturated heterocycles. The topological polar surface area (TPSA) is 190 Å². The van der Waals surface area contributed by atoms with E-state index in [-0.39, 0.29) is 34.2 Å². The molecule has 6 aromatic rings. The van der Waals surface area contributed by atoms with Gasteiger partial charge in [0.25, 0.3) is 0 Å². The van der Waals surface area contributed by atoms with E-state index in [2.05, 4.69) is 62.4 Å². The van der Waals surface area contributed by atoms with E-state index < -0.39 is 24.1 Å². The normalized spacial score (nSPS) is 11.6. The Morgan fingerprint density at radius 3 is 1.12 bits per heavy atom. The van der Waals surface area contributed by atoms with E-state index in [4.69, 9.17) is 30.4 Å². The monoisotopic (exact) mass is 961 g/mol. The first kappa shape index (κ1) is 45.7. The Labute approximate surface area is 346 Å². The van der Waals surface area contributed by atoms with Gasteiger partial charge in [0.2, 0.25) is 11.8 Å². The molecule has 0 spiro atoms. The summed E-state index contributed by atoms with van der Waals surface area (Å²) in [7, 11) is 7.12. The molecule has 2 atom stereocenters. The van der Waals surface area contributed by atoms with Crippen LogP contribution in [0.1, 0.15) is 33.6 Å². The van der Waals surface area contributed by atoms with Gasteiger partial charge in [-0.2, -0.15) is 0 Å². The number of pyridine rings is 2. The number of aliphatic hydroxyl groups is 2. The Morgan fingerprint density at radius 2 is 0.842 bits per heavy atom. The number of hydrogen-bond acceptors (Lipinski definition) is 8. The maximum atomic E-state index is 12.3. The van der Waals surface area contributed by atoms with E-state index >= 15 is 0 Å². The molecule has 14 nitrogen and oxygen atoms in total. The van der Waals surface area contributed by atoms with Crippen molar-refractivity contribution in [2.24, 2.45) is 0 Å². The van der Waals surface area contributed by atoms with Gasteiger partial charge in [0.1, 0.15) is 11.3 Å². The Hall–Kier alpha value is -5.64. The van der Waals surface area contributed by atoms with E-state index in [1.807, 2.05) is 59.3 Å². The van der Waals surface area contributed by atoms with Crippen molar-refractivity contribution in [2.75, 3.05) is 28.2 Å². The number of carbonyl (C=O) groups excluding carboxylic acids is 2. The number of rotatable bonds is 9. The molecule has 4 aromatic heterocycles. The minimum atomic E-state index is -2.27. The van der Waals surface area contributed by atoms with Crippen LogP contribution in [0.2, 0.25) is 0 Å². The van der Waals surface area contributed by atoms with Crippen LogP contribution < -0.4 is 0 Å². The second-order valence-electron chi connectivity index (χ2n) is 13.9. The van der Waals surface area contributed by atoms with Crippen LogP contribution in [0.3, 0.4) is 0 Å². The predicted molar refractivity (Wildman–Crippen MR) is 212 cm³/mol. The summed E-state index contributed by atoms with van der Waals surface area (Å²) in [4.78, 5) is 56.8. The molecule has 0 unspecified atom stereocenters. The number of fused-ring (bicyclic) bond motifs is 2. The standard InChI is InChI=1S/2C19H21N3O.C4H6O6.Au/c2*1-13-5-8-15(9-6-13)19-16(11-18(23)21(3)4)22-12-14(2)7-10-17(22)20-19;5-1(3(7)8)2(6)4(9)10;/h2*5-10,12H,11H2,1-4H3;1-2,5-6H,(H,7,8)(H,9,10);/t;;1-,2-;/m..1./s1. The number of amides is 2. The molecule has 4 N–H and O–H groups in total. The summed E-state index contributed by atoms with van der Waals surface area (Å²) in [5.41, 5.74) is 12.2. The number of imidazole rings is 2. The van der Waals surface area contributed by atoms with E-state index in [9.17, 15) is 19.2 Å². The van der Waals surface area contributed by atoms with Gasteiger partial charge in [0.05, 0.1) is 35.6 Å². The number of benzene rings is 2. The number of carboxylic acid groups (broad SMARTS) is 2. The molecule has 15 heteroatoms. The van der Waals surface area contributed by atoms with Crippen LogP contribution in [-0.2, 0) is 54.4 Å². The molecule has 6 rings (SSSR count). The van der Waals surface area contributed by atoms with Crippen molar-refractivity contribution in [3.05, 3.63) is 119 Å². The predicted octanol–water partition coefficient (Wildman–Crippen LogP) is 4.37. The third kappa shape index (κ3) is 11.7. The molecule has 305 valence electrons. The fourth-order valence-electron chi connectivity index (χ4n) is 5.49. The average Bonchev–Trinajstić information content (AvgIpc) is 3.69. The number of aromatic nitrogens is 4. The SMILES string of the molecule is Cc1ccc(-c2nc3ccc(C)cn3c2CC(=O)N(C)C)cc1.Cc1ccc(-c2nc3ccc(C)cn3c2CC(=O)N(C)C)cc1.O=C(O)[C@H](O)[C@@H](O)C(=O)O.[Au]. The van der Waals surface area contributed by atoms with Gasteiger partial charge in [0.15, 0.2) is 12.2 Å². The number of carboxylic acids is 2. The van der Waals surface area contributed by atoms with Gasteiger partial charge < -0.3 is 39.0 Å². The third-order valence-electron chi connectivity index (χ3n) is 8.82. The van der Waals surface area contributed by atoms with Crippen LogP contribution in [0.4, 0.5) is 0 Å². The summed E-state index contributed by atoms with van der Waals surface area (Å²) in [6.07, 6.45) is 0.216. The molecular weight excluding hydrogens is 913 g/mol. The molecule has 0 fully saturated rings. The quantitative estimate of drug-likeness (QED) is 0.152. The maximum Gasteiger partial charge on any atom is 0.335 e. The molecule has 57 heavy (non-hydrogen) atoms.